The fraction of sp³-hybridized carbons (Fsp3) is 0.222. The summed E-state index contributed by atoms with van der Waals surface area (Å²) in [6.07, 6.45) is 7.42. The van der Waals surface area contributed by atoms with E-state index in [1.54, 1.807) is 17.1 Å². The summed E-state index contributed by atoms with van der Waals surface area (Å²) in [7, 11) is 0. The van der Waals surface area contributed by atoms with Gasteiger partial charge in [-0.2, -0.15) is 5.10 Å². The lowest BCUT2D eigenvalue weighted by Gasteiger charge is -2.27. The second kappa shape index (κ2) is 8.52. The van der Waals surface area contributed by atoms with Gasteiger partial charge in [-0.05, 0) is 66.4 Å². The largest absolute Gasteiger partial charge is 0.383 e. The first-order chi connectivity index (χ1) is 18.2. The Morgan fingerprint density at radius 2 is 2.00 bits per heavy atom. The number of aryl methyl sites for hydroxylation is 1. The number of imidazole rings is 1. The van der Waals surface area contributed by atoms with Gasteiger partial charge in [0.25, 0.3) is 0 Å². The number of nitrogens with zero attached hydrogens (tertiary/aromatic N) is 6. The summed E-state index contributed by atoms with van der Waals surface area (Å²) in [5.74, 6) is 1.72. The molecule has 5 aromatic rings. The van der Waals surface area contributed by atoms with Crippen LogP contribution >= 0.6 is 0 Å². The van der Waals surface area contributed by atoms with Crippen LogP contribution < -0.4 is 11.1 Å². The minimum atomic E-state index is -0.316. The number of ether oxygens (including phenoxy) is 1. The first kappa shape index (κ1) is 21.7. The molecule has 1 fully saturated rings. The van der Waals surface area contributed by atoms with Crippen LogP contribution in [0.5, 0.6) is 0 Å². The van der Waals surface area contributed by atoms with E-state index in [2.05, 4.69) is 27.5 Å². The summed E-state index contributed by atoms with van der Waals surface area (Å²) < 4.78 is 9.09. The maximum absolute atomic E-state index is 12.5. The average Bonchev–Trinajstić information content (AvgIpc) is 3.61. The molecule has 10 heteroatoms. The third kappa shape index (κ3) is 3.64. The molecule has 1 aromatic carbocycles. The summed E-state index contributed by atoms with van der Waals surface area (Å²) in [4.78, 5) is 26.6. The molecule has 184 valence electrons. The monoisotopic (exact) mass is 492 g/mol. The lowest BCUT2D eigenvalue weighted by Crippen LogP contribution is -2.43. The predicted molar refractivity (Wildman–Crippen MR) is 137 cm³/mol. The van der Waals surface area contributed by atoms with E-state index in [1.807, 2.05) is 47.2 Å². The minimum absolute atomic E-state index is 0.0155. The van der Waals surface area contributed by atoms with Crippen LogP contribution in [0.4, 0.5) is 5.82 Å². The molecule has 10 nitrogen and oxygen atoms in total. The Kier molecular flexibility index (Phi) is 5.00. The number of benzene rings is 1. The van der Waals surface area contributed by atoms with Gasteiger partial charge in [0.15, 0.2) is 17.3 Å². The Labute approximate surface area is 212 Å². The molecule has 0 radical (unpaired) electrons. The Morgan fingerprint density at radius 1 is 1.08 bits per heavy atom. The second-order valence-corrected chi connectivity index (χ2v) is 9.30. The number of carbonyl (C=O) groups excluding carboxylic acids is 1. The minimum Gasteiger partial charge on any atom is -0.383 e. The quantitative estimate of drug-likeness (QED) is 0.386. The zero-order valence-corrected chi connectivity index (χ0v) is 19.9. The Balaban J connectivity index is 1.34. The SMILES string of the molecule is Nc1ncccc1-c1nc2ccc(-n3cccn3)nc2n1-c1ccc2c(c1)CC[C@@H]2NC(=O)[C@@H]1CCO1. The van der Waals surface area contributed by atoms with Gasteiger partial charge in [0.2, 0.25) is 5.91 Å². The van der Waals surface area contributed by atoms with Gasteiger partial charge in [-0.25, -0.2) is 19.6 Å². The molecule has 37 heavy (non-hydrogen) atoms. The lowest BCUT2D eigenvalue weighted by atomic mass is 10.1. The maximum Gasteiger partial charge on any atom is 0.249 e. The summed E-state index contributed by atoms with van der Waals surface area (Å²) in [6, 6.07) is 15.7. The van der Waals surface area contributed by atoms with Gasteiger partial charge in [-0.3, -0.25) is 9.36 Å². The highest BCUT2D eigenvalue weighted by molar-refractivity contribution is 5.84. The van der Waals surface area contributed by atoms with Crippen molar-refractivity contribution in [1.29, 1.82) is 0 Å². The van der Waals surface area contributed by atoms with E-state index in [4.69, 9.17) is 20.4 Å². The van der Waals surface area contributed by atoms with E-state index in [9.17, 15) is 4.79 Å². The first-order valence-electron chi connectivity index (χ1n) is 12.3. The number of pyridine rings is 2. The second-order valence-electron chi connectivity index (χ2n) is 9.30. The molecule has 0 spiro atoms. The number of nitrogens with one attached hydrogen (secondary N) is 1. The van der Waals surface area contributed by atoms with E-state index in [0.29, 0.717) is 29.7 Å². The Morgan fingerprint density at radius 3 is 2.78 bits per heavy atom. The van der Waals surface area contributed by atoms with E-state index in [1.165, 1.54) is 5.56 Å². The first-order valence-corrected chi connectivity index (χ1v) is 12.3. The molecule has 1 aliphatic heterocycles. The molecule has 3 N–H and O–H groups in total. The summed E-state index contributed by atoms with van der Waals surface area (Å²) >= 11 is 0. The topological polar surface area (TPSA) is 126 Å². The van der Waals surface area contributed by atoms with Gasteiger partial charge in [0.05, 0.1) is 18.2 Å². The van der Waals surface area contributed by atoms with E-state index < -0.39 is 0 Å². The van der Waals surface area contributed by atoms with Gasteiger partial charge in [-0.15, -0.1) is 0 Å². The van der Waals surface area contributed by atoms with Crippen molar-refractivity contribution >= 4 is 22.9 Å². The Hall–Kier alpha value is -4.57. The molecule has 5 heterocycles. The number of aromatic nitrogens is 6. The smallest absolute Gasteiger partial charge is 0.249 e. The summed E-state index contributed by atoms with van der Waals surface area (Å²) in [5, 5.41) is 7.49. The number of anilines is 1. The van der Waals surface area contributed by atoms with Gasteiger partial charge < -0.3 is 15.8 Å². The summed E-state index contributed by atoms with van der Waals surface area (Å²) in [5.41, 5.74) is 11.7. The predicted octanol–water partition coefficient (Wildman–Crippen LogP) is 3.14. The number of carbonyl (C=O) groups is 1. The molecule has 2 aliphatic rings. The number of rotatable bonds is 5. The molecular formula is C27H24N8O2. The molecule has 0 unspecified atom stereocenters. The van der Waals surface area contributed by atoms with Crippen LogP contribution in [0, 0.1) is 0 Å². The molecule has 2 atom stereocenters. The molecule has 1 amide bonds. The fourth-order valence-corrected chi connectivity index (χ4v) is 5.11. The van der Waals surface area contributed by atoms with Crippen molar-refractivity contribution in [1.82, 2.24) is 34.6 Å². The zero-order valence-electron chi connectivity index (χ0n) is 19.9. The van der Waals surface area contributed by atoms with E-state index in [0.717, 1.165) is 41.6 Å². The molecule has 1 aliphatic carbocycles. The summed E-state index contributed by atoms with van der Waals surface area (Å²) in [6.45, 7) is 0.654. The lowest BCUT2D eigenvalue weighted by molar-refractivity contribution is -0.145. The zero-order chi connectivity index (χ0) is 24.9. The van der Waals surface area contributed by atoms with Crippen LogP contribution in [0.1, 0.15) is 30.0 Å². The molecule has 7 rings (SSSR count). The highest BCUT2D eigenvalue weighted by atomic mass is 16.5. The van der Waals surface area contributed by atoms with Crippen LogP contribution in [0.25, 0.3) is 34.1 Å². The van der Waals surface area contributed by atoms with Crippen molar-refractivity contribution in [2.45, 2.75) is 31.4 Å². The number of hydrogen-bond acceptors (Lipinski definition) is 7. The van der Waals surface area contributed by atoms with Gasteiger partial charge in [0.1, 0.15) is 17.4 Å². The third-order valence-electron chi connectivity index (χ3n) is 7.08. The van der Waals surface area contributed by atoms with E-state index >= 15 is 0 Å². The van der Waals surface area contributed by atoms with Crippen molar-refractivity contribution in [3.8, 4) is 22.9 Å². The van der Waals surface area contributed by atoms with Crippen molar-refractivity contribution in [3.05, 3.63) is 78.2 Å². The number of amides is 1. The number of nitrogen functional groups attached to an aromatic ring is 1. The van der Waals surface area contributed by atoms with Crippen LogP contribution in [0.3, 0.4) is 0 Å². The maximum atomic E-state index is 12.5. The number of nitrogens with two attached hydrogens (primary N) is 1. The van der Waals surface area contributed by atoms with Crippen molar-refractivity contribution in [2.24, 2.45) is 0 Å². The molecule has 0 saturated carbocycles. The van der Waals surface area contributed by atoms with Crippen LogP contribution in [-0.2, 0) is 16.0 Å². The standard InChI is InChI=1S/C27H24N8O2/c28-24-19(3-1-11-29-24)25-31-21-8-9-23(34-13-2-12-30-34)33-26(21)35(25)17-5-6-18-16(15-17)4-7-20(18)32-27(36)22-10-14-37-22/h1-3,5-6,8-9,11-13,15,20,22H,4,7,10,14H2,(H2,28,29)(H,32,36)/t20-,22-/m0/s1. The third-order valence-corrected chi connectivity index (χ3v) is 7.08. The highest BCUT2D eigenvalue weighted by Gasteiger charge is 2.31. The van der Waals surface area contributed by atoms with Crippen LogP contribution in [-0.4, -0.2) is 47.9 Å². The number of hydrogen-bond donors (Lipinski definition) is 2. The Bertz CT molecular complexity index is 1640. The van der Waals surface area contributed by atoms with Gasteiger partial charge >= 0.3 is 0 Å². The normalized spacial score (nSPS) is 18.5. The van der Waals surface area contributed by atoms with Crippen molar-refractivity contribution in [3.63, 3.8) is 0 Å². The molecular weight excluding hydrogens is 468 g/mol. The van der Waals surface area contributed by atoms with E-state index in [-0.39, 0.29) is 18.1 Å². The van der Waals surface area contributed by atoms with Crippen LogP contribution in [0.15, 0.2) is 67.1 Å². The van der Waals surface area contributed by atoms with Crippen molar-refractivity contribution in [2.75, 3.05) is 12.3 Å². The van der Waals surface area contributed by atoms with Crippen molar-refractivity contribution < 1.29 is 9.53 Å². The molecule has 1 saturated heterocycles. The highest BCUT2D eigenvalue weighted by Crippen LogP contribution is 2.36. The molecule has 4 aromatic heterocycles. The van der Waals surface area contributed by atoms with Gasteiger partial charge in [0, 0.05) is 30.7 Å². The fourth-order valence-electron chi connectivity index (χ4n) is 5.11. The van der Waals surface area contributed by atoms with Crippen LogP contribution in [0.2, 0.25) is 0 Å². The average molecular weight is 493 g/mol. The van der Waals surface area contributed by atoms with Gasteiger partial charge in [-0.1, -0.05) is 6.07 Å². The molecule has 0 bridgehead atoms. The number of fused-ring (bicyclic) bond motifs is 2.